The first-order valence-electron chi connectivity index (χ1n) is 6.01. The lowest BCUT2D eigenvalue weighted by Crippen LogP contribution is -2.51. The average Bonchev–Trinajstić information content (AvgIpc) is 2.34. The zero-order chi connectivity index (χ0) is 15.3. The Balaban J connectivity index is 2.62. The SMILES string of the molecule is CCC(C)(NCC(=O)Nc1cc(F)cc(F)c1)C(=O)O. The molecule has 0 aliphatic heterocycles. The highest BCUT2D eigenvalue weighted by atomic mass is 19.1. The summed E-state index contributed by atoms with van der Waals surface area (Å²) >= 11 is 0. The molecule has 1 amide bonds. The maximum Gasteiger partial charge on any atom is 0.323 e. The van der Waals surface area contributed by atoms with Crippen molar-refractivity contribution in [3.05, 3.63) is 29.8 Å². The van der Waals surface area contributed by atoms with Crippen LogP contribution in [0.5, 0.6) is 0 Å². The molecule has 0 bridgehead atoms. The lowest BCUT2D eigenvalue weighted by molar-refractivity contribution is -0.144. The lowest BCUT2D eigenvalue weighted by Gasteiger charge is -2.24. The summed E-state index contributed by atoms with van der Waals surface area (Å²) in [6.45, 7) is 2.83. The van der Waals surface area contributed by atoms with Gasteiger partial charge in [-0.2, -0.15) is 0 Å². The first-order valence-corrected chi connectivity index (χ1v) is 6.01. The van der Waals surface area contributed by atoms with Crippen LogP contribution in [-0.4, -0.2) is 29.1 Å². The fourth-order valence-electron chi connectivity index (χ4n) is 1.46. The number of amides is 1. The number of aliphatic carboxylic acids is 1. The van der Waals surface area contributed by atoms with Crippen LogP contribution in [0.3, 0.4) is 0 Å². The molecule has 7 heteroatoms. The molecule has 1 unspecified atom stereocenters. The molecule has 20 heavy (non-hydrogen) atoms. The molecule has 0 aromatic heterocycles. The van der Waals surface area contributed by atoms with Crippen LogP contribution in [0, 0.1) is 11.6 Å². The first-order chi connectivity index (χ1) is 9.26. The molecule has 1 aromatic rings. The van der Waals surface area contributed by atoms with E-state index in [0.29, 0.717) is 6.07 Å². The molecule has 3 N–H and O–H groups in total. The number of benzene rings is 1. The van der Waals surface area contributed by atoms with Crippen LogP contribution < -0.4 is 10.6 Å². The molecule has 0 heterocycles. The zero-order valence-corrected chi connectivity index (χ0v) is 11.2. The molecule has 0 radical (unpaired) electrons. The molecule has 1 atom stereocenters. The van der Waals surface area contributed by atoms with Gasteiger partial charge in [0.05, 0.1) is 6.54 Å². The molecular weight excluding hydrogens is 270 g/mol. The van der Waals surface area contributed by atoms with E-state index in [1.54, 1.807) is 6.92 Å². The minimum Gasteiger partial charge on any atom is -0.480 e. The van der Waals surface area contributed by atoms with Gasteiger partial charge in [-0.3, -0.25) is 14.9 Å². The number of carbonyl (C=O) groups excluding carboxylic acids is 1. The number of carboxylic acid groups (broad SMARTS) is 1. The van der Waals surface area contributed by atoms with E-state index in [4.69, 9.17) is 5.11 Å². The van der Waals surface area contributed by atoms with Crippen molar-refractivity contribution in [2.45, 2.75) is 25.8 Å². The van der Waals surface area contributed by atoms with Crippen LogP contribution >= 0.6 is 0 Å². The van der Waals surface area contributed by atoms with Gasteiger partial charge < -0.3 is 10.4 Å². The molecule has 0 spiro atoms. The van der Waals surface area contributed by atoms with Gasteiger partial charge in [0, 0.05) is 11.8 Å². The molecule has 0 saturated carbocycles. The summed E-state index contributed by atoms with van der Waals surface area (Å²) in [5, 5.41) is 13.9. The smallest absolute Gasteiger partial charge is 0.323 e. The maximum atomic E-state index is 12.9. The van der Waals surface area contributed by atoms with Gasteiger partial charge in [0.25, 0.3) is 0 Å². The summed E-state index contributed by atoms with van der Waals surface area (Å²) < 4.78 is 25.9. The Morgan fingerprint density at radius 2 is 1.80 bits per heavy atom. The van der Waals surface area contributed by atoms with Crippen molar-refractivity contribution in [3.63, 3.8) is 0 Å². The number of nitrogens with one attached hydrogen (secondary N) is 2. The predicted octanol–water partition coefficient (Wildman–Crippen LogP) is 1.75. The Labute approximate surface area is 115 Å². The molecule has 0 saturated heterocycles. The van der Waals surface area contributed by atoms with Crippen LogP contribution in [-0.2, 0) is 9.59 Å². The number of hydrogen-bond acceptors (Lipinski definition) is 3. The zero-order valence-electron chi connectivity index (χ0n) is 11.2. The van der Waals surface area contributed by atoms with E-state index < -0.39 is 29.0 Å². The van der Waals surface area contributed by atoms with Gasteiger partial charge in [-0.05, 0) is 25.5 Å². The first kappa shape index (κ1) is 16.0. The molecular formula is C13H16F2N2O3. The van der Waals surface area contributed by atoms with Gasteiger partial charge in [0.2, 0.25) is 5.91 Å². The summed E-state index contributed by atoms with van der Waals surface area (Å²) in [5.74, 6) is -3.28. The van der Waals surface area contributed by atoms with Gasteiger partial charge in [0.1, 0.15) is 17.2 Å². The highest BCUT2D eigenvalue weighted by molar-refractivity contribution is 5.92. The van der Waals surface area contributed by atoms with Crippen molar-refractivity contribution < 1.29 is 23.5 Å². The Morgan fingerprint density at radius 3 is 2.25 bits per heavy atom. The molecule has 110 valence electrons. The van der Waals surface area contributed by atoms with E-state index in [9.17, 15) is 18.4 Å². The monoisotopic (exact) mass is 286 g/mol. The minimum atomic E-state index is -1.23. The second kappa shape index (κ2) is 6.42. The van der Waals surface area contributed by atoms with Crippen molar-refractivity contribution in [1.82, 2.24) is 5.32 Å². The van der Waals surface area contributed by atoms with E-state index in [1.807, 2.05) is 0 Å². The van der Waals surface area contributed by atoms with Crippen LogP contribution in [0.25, 0.3) is 0 Å². The number of carboxylic acids is 1. The topological polar surface area (TPSA) is 78.4 Å². The standard InChI is InChI=1S/C13H16F2N2O3/c1-3-13(2,12(19)20)16-7-11(18)17-10-5-8(14)4-9(15)6-10/h4-6,16H,3,7H2,1-2H3,(H,17,18)(H,19,20). The van der Waals surface area contributed by atoms with Crippen LogP contribution in [0.15, 0.2) is 18.2 Å². The Morgan fingerprint density at radius 1 is 1.25 bits per heavy atom. The molecule has 0 aliphatic carbocycles. The summed E-state index contributed by atoms with van der Waals surface area (Å²) in [5.41, 5.74) is -1.26. The molecule has 0 aliphatic rings. The van der Waals surface area contributed by atoms with Crippen LogP contribution in [0.2, 0.25) is 0 Å². The van der Waals surface area contributed by atoms with E-state index in [2.05, 4.69) is 10.6 Å². The molecule has 5 nitrogen and oxygen atoms in total. The summed E-state index contributed by atoms with van der Waals surface area (Å²) in [7, 11) is 0. The quantitative estimate of drug-likeness (QED) is 0.744. The number of anilines is 1. The van der Waals surface area contributed by atoms with E-state index >= 15 is 0 Å². The molecule has 1 rings (SSSR count). The predicted molar refractivity (Wildman–Crippen MR) is 69.3 cm³/mol. The fraction of sp³-hybridized carbons (Fsp3) is 0.385. The summed E-state index contributed by atoms with van der Waals surface area (Å²) in [6.07, 6.45) is 0.282. The van der Waals surface area contributed by atoms with Crippen molar-refractivity contribution in [1.29, 1.82) is 0 Å². The van der Waals surface area contributed by atoms with Crippen LogP contribution in [0.4, 0.5) is 14.5 Å². The largest absolute Gasteiger partial charge is 0.480 e. The van der Waals surface area contributed by atoms with Crippen molar-refractivity contribution in [2.75, 3.05) is 11.9 Å². The third-order valence-corrected chi connectivity index (χ3v) is 2.96. The van der Waals surface area contributed by atoms with E-state index in [0.717, 1.165) is 12.1 Å². The van der Waals surface area contributed by atoms with Gasteiger partial charge in [-0.25, -0.2) is 8.78 Å². The number of hydrogen-bond donors (Lipinski definition) is 3. The Kier molecular flexibility index (Phi) is 5.15. The lowest BCUT2D eigenvalue weighted by atomic mass is 9.99. The van der Waals surface area contributed by atoms with E-state index in [1.165, 1.54) is 6.92 Å². The number of carbonyl (C=O) groups is 2. The van der Waals surface area contributed by atoms with Crippen molar-refractivity contribution in [2.24, 2.45) is 0 Å². The number of halogens is 2. The molecule has 0 fully saturated rings. The highest BCUT2D eigenvalue weighted by Gasteiger charge is 2.30. The van der Waals surface area contributed by atoms with Gasteiger partial charge in [-0.15, -0.1) is 0 Å². The van der Waals surface area contributed by atoms with Gasteiger partial charge in [-0.1, -0.05) is 6.92 Å². The average molecular weight is 286 g/mol. The maximum absolute atomic E-state index is 12.9. The van der Waals surface area contributed by atoms with Crippen molar-refractivity contribution in [3.8, 4) is 0 Å². The van der Waals surface area contributed by atoms with Crippen LogP contribution in [0.1, 0.15) is 20.3 Å². The fourth-order valence-corrected chi connectivity index (χ4v) is 1.46. The van der Waals surface area contributed by atoms with Gasteiger partial charge >= 0.3 is 5.97 Å². The minimum absolute atomic E-state index is 0.0252. The summed E-state index contributed by atoms with van der Waals surface area (Å²) in [4.78, 5) is 22.6. The second-order valence-corrected chi connectivity index (χ2v) is 4.55. The Hall–Kier alpha value is -2.02. The summed E-state index contributed by atoms with van der Waals surface area (Å²) in [6, 6.07) is 2.63. The number of rotatable bonds is 6. The third kappa shape index (κ3) is 4.27. The van der Waals surface area contributed by atoms with Crippen molar-refractivity contribution >= 4 is 17.6 Å². The van der Waals surface area contributed by atoms with Gasteiger partial charge in [0.15, 0.2) is 0 Å². The third-order valence-electron chi connectivity index (χ3n) is 2.96. The Bertz CT molecular complexity index is 502. The second-order valence-electron chi connectivity index (χ2n) is 4.55. The normalized spacial score (nSPS) is 13.6. The van der Waals surface area contributed by atoms with E-state index in [-0.39, 0.29) is 18.7 Å². The highest BCUT2D eigenvalue weighted by Crippen LogP contribution is 2.13. The molecule has 1 aromatic carbocycles.